The van der Waals surface area contributed by atoms with Crippen molar-refractivity contribution in [1.29, 1.82) is 0 Å². The summed E-state index contributed by atoms with van der Waals surface area (Å²) in [7, 11) is -2.84. The molecule has 1 N–H and O–H groups in total. The third-order valence-electron chi connectivity index (χ3n) is 3.93. The first-order valence-electron chi connectivity index (χ1n) is 7.11. The highest BCUT2D eigenvalue weighted by molar-refractivity contribution is 7.91. The van der Waals surface area contributed by atoms with Crippen LogP contribution < -0.4 is 5.32 Å². The summed E-state index contributed by atoms with van der Waals surface area (Å²) in [5.74, 6) is 0.593. The Morgan fingerprint density at radius 3 is 2.75 bits per heavy atom. The molecule has 1 saturated heterocycles. The molecule has 2 rings (SSSR count). The van der Waals surface area contributed by atoms with Gasteiger partial charge < -0.3 is 5.32 Å². The van der Waals surface area contributed by atoms with Gasteiger partial charge in [0, 0.05) is 6.04 Å². The monoisotopic (exact) mass is 299 g/mol. The molecule has 112 valence electrons. The van der Waals surface area contributed by atoms with Crippen LogP contribution in [-0.4, -0.2) is 26.5 Å². The number of halogens is 1. The third kappa shape index (κ3) is 3.79. The molecule has 0 aromatic heterocycles. The summed E-state index contributed by atoms with van der Waals surface area (Å²) in [4.78, 5) is 0. The number of rotatable bonds is 5. The van der Waals surface area contributed by atoms with Crippen LogP contribution in [0.2, 0.25) is 0 Å². The predicted octanol–water partition coefficient (Wildman–Crippen LogP) is 2.61. The number of hydrogen-bond acceptors (Lipinski definition) is 3. The minimum atomic E-state index is -2.84. The second-order valence-corrected chi connectivity index (χ2v) is 7.85. The summed E-state index contributed by atoms with van der Waals surface area (Å²) in [6.45, 7) is 4.58. The van der Waals surface area contributed by atoms with Gasteiger partial charge in [-0.15, -0.1) is 0 Å². The van der Waals surface area contributed by atoms with E-state index in [-0.39, 0.29) is 23.5 Å². The number of nitrogens with one attached hydrogen (secondary N) is 1. The van der Waals surface area contributed by atoms with Crippen LogP contribution in [-0.2, 0) is 9.84 Å². The van der Waals surface area contributed by atoms with Crippen molar-refractivity contribution < 1.29 is 12.8 Å². The quantitative estimate of drug-likeness (QED) is 0.909. The van der Waals surface area contributed by atoms with E-state index >= 15 is 0 Å². The topological polar surface area (TPSA) is 46.2 Å². The summed E-state index contributed by atoms with van der Waals surface area (Å²) >= 11 is 0. The summed E-state index contributed by atoms with van der Waals surface area (Å²) in [5, 5.41) is 3.38. The average Bonchev–Trinajstić information content (AvgIpc) is 2.72. The Labute approximate surface area is 120 Å². The van der Waals surface area contributed by atoms with Crippen molar-refractivity contribution in [2.24, 2.45) is 5.92 Å². The summed E-state index contributed by atoms with van der Waals surface area (Å²) < 4.78 is 36.4. The SMILES string of the molecule is CCNC(CC1CCS(=O)(=O)C1)c1ccc(F)c(C)c1. The largest absolute Gasteiger partial charge is 0.310 e. The van der Waals surface area contributed by atoms with Crippen molar-refractivity contribution >= 4 is 9.84 Å². The van der Waals surface area contributed by atoms with Crippen molar-refractivity contribution in [1.82, 2.24) is 5.32 Å². The fourth-order valence-corrected chi connectivity index (χ4v) is 4.74. The van der Waals surface area contributed by atoms with E-state index in [2.05, 4.69) is 5.32 Å². The molecule has 20 heavy (non-hydrogen) atoms. The lowest BCUT2D eigenvalue weighted by molar-refractivity contribution is 0.421. The van der Waals surface area contributed by atoms with Gasteiger partial charge in [-0.3, -0.25) is 0 Å². The standard InChI is InChI=1S/C15H22FNO2S/c1-3-17-15(9-12-6-7-20(18,19)10-12)13-4-5-14(16)11(2)8-13/h4-5,8,12,15,17H,3,6-7,9-10H2,1-2H3. The highest BCUT2D eigenvalue weighted by Crippen LogP contribution is 2.29. The maximum absolute atomic E-state index is 13.4. The van der Waals surface area contributed by atoms with Crippen LogP contribution in [0.15, 0.2) is 18.2 Å². The Morgan fingerprint density at radius 2 is 2.20 bits per heavy atom. The second kappa shape index (κ2) is 6.22. The van der Waals surface area contributed by atoms with Gasteiger partial charge in [-0.05, 0) is 49.4 Å². The zero-order valence-corrected chi connectivity index (χ0v) is 12.8. The van der Waals surface area contributed by atoms with E-state index < -0.39 is 9.84 Å². The lowest BCUT2D eigenvalue weighted by Crippen LogP contribution is -2.24. The average molecular weight is 299 g/mol. The molecule has 0 saturated carbocycles. The van der Waals surface area contributed by atoms with Crippen molar-refractivity contribution in [3.05, 3.63) is 35.1 Å². The lowest BCUT2D eigenvalue weighted by atomic mass is 9.93. The molecule has 0 spiro atoms. The minimum absolute atomic E-state index is 0.0950. The van der Waals surface area contributed by atoms with E-state index in [9.17, 15) is 12.8 Å². The maximum atomic E-state index is 13.4. The zero-order chi connectivity index (χ0) is 14.8. The summed E-state index contributed by atoms with van der Waals surface area (Å²) in [6.07, 6.45) is 1.53. The molecule has 1 aliphatic rings. The normalized spacial score (nSPS) is 22.9. The van der Waals surface area contributed by atoms with E-state index in [0.29, 0.717) is 11.3 Å². The van der Waals surface area contributed by atoms with E-state index in [1.54, 1.807) is 13.0 Å². The molecule has 1 heterocycles. The van der Waals surface area contributed by atoms with Crippen molar-refractivity contribution in [2.75, 3.05) is 18.1 Å². The molecular formula is C15H22FNO2S. The van der Waals surface area contributed by atoms with Crippen LogP contribution in [0, 0.1) is 18.7 Å². The molecule has 0 amide bonds. The molecule has 3 nitrogen and oxygen atoms in total. The van der Waals surface area contributed by atoms with Crippen molar-refractivity contribution in [3.8, 4) is 0 Å². The van der Waals surface area contributed by atoms with Gasteiger partial charge in [-0.2, -0.15) is 0 Å². The molecule has 1 aromatic carbocycles. The Balaban J connectivity index is 2.12. The van der Waals surface area contributed by atoms with Crippen LogP contribution in [0.1, 0.15) is 36.9 Å². The van der Waals surface area contributed by atoms with Crippen LogP contribution in [0.25, 0.3) is 0 Å². The highest BCUT2D eigenvalue weighted by atomic mass is 32.2. The van der Waals surface area contributed by atoms with Crippen molar-refractivity contribution in [3.63, 3.8) is 0 Å². The highest BCUT2D eigenvalue weighted by Gasteiger charge is 2.30. The zero-order valence-electron chi connectivity index (χ0n) is 12.0. The first-order valence-corrected chi connectivity index (χ1v) is 8.93. The van der Waals surface area contributed by atoms with Gasteiger partial charge in [0.2, 0.25) is 0 Å². The molecule has 5 heteroatoms. The van der Waals surface area contributed by atoms with Gasteiger partial charge in [0.15, 0.2) is 9.84 Å². The Bertz CT molecular complexity index is 571. The van der Waals surface area contributed by atoms with E-state index in [0.717, 1.165) is 24.9 Å². The van der Waals surface area contributed by atoms with Crippen LogP contribution in [0.5, 0.6) is 0 Å². The first-order chi connectivity index (χ1) is 9.41. The molecule has 1 aromatic rings. The minimum Gasteiger partial charge on any atom is -0.310 e. The van der Waals surface area contributed by atoms with Crippen molar-refractivity contribution in [2.45, 2.75) is 32.7 Å². The molecule has 1 fully saturated rings. The number of aryl methyl sites for hydroxylation is 1. The second-order valence-electron chi connectivity index (χ2n) is 5.62. The molecule has 2 unspecified atom stereocenters. The van der Waals surface area contributed by atoms with Gasteiger partial charge >= 0.3 is 0 Å². The fraction of sp³-hybridized carbons (Fsp3) is 0.600. The fourth-order valence-electron chi connectivity index (χ4n) is 2.86. The molecule has 2 atom stereocenters. The van der Waals surface area contributed by atoms with E-state index in [1.165, 1.54) is 6.07 Å². The number of benzene rings is 1. The van der Waals surface area contributed by atoms with Gasteiger partial charge in [-0.1, -0.05) is 19.1 Å². The van der Waals surface area contributed by atoms with Crippen LogP contribution in [0.4, 0.5) is 4.39 Å². The van der Waals surface area contributed by atoms with Gasteiger partial charge in [0.1, 0.15) is 5.82 Å². The first kappa shape index (κ1) is 15.4. The van der Waals surface area contributed by atoms with Gasteiger partial charge in [-0.25, -0.2) is 12.8 Å². The summed E-state index contributed by atoms with van der Waals surface area (Å²) in [5.41, 5.74) is 1.67. The molecule has 0 aliphatic carbocycles. The van der Waals surface area contributed by atoms with Gasteiger partial charge in [0.25, 0.3) is 0 Å². The van der Waals surface area contributed by atoms with Crippen LogP contribution in [0.3, 0.4) is 0 Å². The summed E-state index contributed by atoms with van der Waals surface area (Å²) in [6, 6.07) is 5.23. The predicted molar refractivity (Wildman–Crippen MR) is 78.9 cm³/mol. The Hall–Kier alpha value is -0.940. The molecule has 0 bridgehead atoms. The van der Waals surface area contributed by atoms with Crippen LogP contribution >= 0.6 is 0 Å². The smallest absolute Gasteiger partial charge is 0.150 e. The lowest BCUT2D eigenvalue weighted by Gasteiger charge is -2.22. The Morgan fingerprint density at radius 1 is 1.45 bits per heavy atom. The number of hydrogen-bond donors (Lipinski definition) is 1. The molecule has 1 aliphatic heterocycles. The van der Waals surface area contributed by atoms with E-state index in [4.69, 9.17) is 0 Å². The molecule has 0 radical (unpaired) electrons. The number of sulfone groups is 1. The van der Waals surface area contributed by atoms with Gasteiger partial charge in [0.05, 0.1) is 11.5 Å². The molecular weight excluding hydrogens is 277 g/mol. The Kier molecular flexibility index (Phi) is 4.81. The maximum Gasteiger partial charge on any atom is 0.150 e. The van der Waals surface area contributed by atoms with E-state index in [1.807, 2.05) is 13.0 Å². The third-order valence-corrected chi connectivity index (χ3v) is 5.77.